The van der Waals surface area contributed by atoms with Crippen molar-refractivity contribution in [3.63, 3.8) is 0 Å². The number of aliphatic hydroxyl groups is 4. The van der Waals surface area contributed by atoms with Gasteiger partial charge in [-0.25, -0.2) is 0 Å². The lowest BCUT2D eigenvalue weighted by Crippen LogP contribution is -1.63. The second-order valence-electron chi connectivity index (χ2n) is 2.68. The van der Waals surface area contributed by atoms with E-state index in [1.54, 1.807) is 27.7 Å². The topological polar surface area (TPSA) is 80.9 Å². The average molecular weight is 420 g/mol. The molecule has 0 aromatic heterocycles. The van der Waals surface area contributed by atoms with E-state index >= 15 is 0 Å². The molecule has 1 rings (SSSR count). The maximum Gasteiger partial charge on any atom is 0.0402 e. The van der Waals surface area contributed by atoms with Crippen LogP contribution in [0.3, 0.4) is 0 Å². The maximum atomic E-state index is 7.57. The van der Waals surface area contributed by atoms with E-state index in [-0.39, 0.29) is 26.4 Å². The highest BCUT2D eigenvalue weighted by molar-refractivity contribution is 9.13. The highest BCUT2D eigenvalue weighted by Gasteiger charge is 1.88. The van der Waals surface area contributed by atoms with Crippen molar-refractivity contribution in [3.05, 3.63) is 33.2 Å². The Bertz CT molecular complexity index is 219. The fourth-order valence-corrected chi connectivity index (χ4v) is 1.01. The van der Waals surface area contributed by atoms with E-state index in [4.69, 9.17) is 20.4 Å². The molecule has 0 bridgehead atoms. The maximum absolute atomic E-state index is 7.57. The van der Waals surface area contributed by atoms with E-state index < -0.39 is 0 Å². The monoisotopic (exact) mass is 418 g/mol. The van der Waals surface area contributed by atoms with Crippen LogP contribution in [0, 0.1) is 0 Å². The van der Waals surface area contributed by atoms with Gasteiger partial charge in [0.25, 0.3) is 0 Å². The molecule has 0 saturated heterocycles. The van der Waals surface area contributed by atoms with Crippen molar-refractivity contribution in [2.75, 3.05) is 26.4 Å². The summed E-state index contributed by atoms with van der Waals surface area (Å²) in [6.45, 7) is 7.72. The van der Waals surface area contributed by atoms with Crippen LogP contribution in [-0.4, -0.2) is 46.9 Å². The van der Waals surface area contributed by atoms with Crippen LogP contribution in [-0.2, 0) is 0 Å². The van der Waals surface area contributed by atoms with Crippen molar-refractivity contribution in [2.45, 2.75) is 27.7 Å². The van der Waals surface area contributed by atoms with E-state index in [0.29, 0.717) is 0 Å². The largest absolute Gasteiger partial charge is 0.397 e. The van der Waals surface area contributed by atoms with Crippen molar-refractivity contribution in [1.82, 2.24) is 0 Å². The lowest BCUT2D eigenvalue weighted by molar-refractivity contribution is 0.318. The molecule has 0 radical (unpaired) electrons. The van der Waals surface area contributed by atoms with Crippen LogP contribution < -0.4 is 0 Å². The minimum Gasteiger partial charge on any atom is -0.397 e. The first-order valence-electron chi connectivity index (χ1n) is 6.30. The first-order chi connectivity index (χ1) is 9.46. The van der Waals surface area contributed by atoms with Gasteiger partial charge in [-0.1, -0.05) is 12.1 Å². The molecule has 4 N–H and O–H groups in total. The van der Waals surface area contributed by atoms with Crippen LogP contribution in [0.4, 0.5) is 0 Å². The van der Waals surface area contributed by atoms with Gasteiger partial charge < -0.3 is 20.4 Å². The van der Waals surface area contributed by atoms with Gasteiger partial charge in [0.15, 0.2) is 0 Å². The normalized spacial score (nSPS) is 7.30. The van der Waals surface area contributed by atoms with Crippen molar-refractivity contribution in [3.8, 4) is 0 Å². The second kappa shape index (κ2) is 31.4. The first kappa shape index (κ1) is 28.2. The van der Waals surface area contributed by atoms with Crippen LogP contribution in [0.5, 0.6) is 0 Å². The lowest BCUT2D eigenvalue weighted by atomic mass is 10.4. The number of aliphatic hydroxyl groups excluding tert-OH is 4. The average Bonchev–Trinajstić information content (AvgIpc) is 2.37. The van der Waals surface area contributed by atoms with Gasteiger partial charge in [-0.3, -0.25) is 0 Å². The van der Waals surface area contributed by atoms with E-state index in [1.165, 1.54) is 0 Å². The molecular weight excluding hydrogens is 392 g/mol. The van der Waals surface area contributed by atoms with Gasteiger partial charge in [-0.15, -0.1) is 0 Å². The number of halogens is 2. The Morgan fingerprint density at radius 2 is 0.800 bits per heavy atom. The molecule has 0 fully saturated rings. The number of hydrogen-bond acceptors (Lipinski definition) is 4. The Balaban J connectivity index is -0.0000000910. The number of rotatable bonds is 0. The molecule has 20 heavy (non-hydrogen) atoms. The fourth-order valence-electron chi connectivity index (χ4n) is 0.439. The second-order valence-corrected chi connectivity index (χ2v) is 4.39. The summed E-state index contributed by atoms with van der Waals surface area (Å²) in [4.78, 5) is 0. The number of hydrogen-bond donors (Lipinski definition) is 4. The van der Waals surface area contributed by atoms with Gasteiger partial charge >= 0.3 is 0 Å². The quantitative estimate of drug-likeness (QED) is 0.520. The molecule has 0 aliphatic heterocycles. The molecule has 0 heterocycles. The molecule has 0 saturated carbocycles. The zero-order valence-electron chi connectivity index (χ0n) is 12.7. The highest BCUT2D eigenvalue weighted by Crippen LogP contribution is 2.20. The van der Waals surface area contributed by atoms with Gasteiger partial charge in [0, 0.05) is 35.4 Å². The lowest BCUT2D eigenvalue weighted by Gasteiger charge is -1.89. The molecule has 0 atom stereocenters. The third-order valence-corrected chi connectivity index (χ3v) is 2.74. The molecule has 122 valence electrons. The summed E-state index contributed by atoms with van der Waals surface area (Å²) < 4.78 is 2.19. The van der Waals surface area contributed by atoms with E-state index in [1.807, 2.05) is 24.3 Å². The van der Waals surface area contributed by atoms with E-state index in [9.17, 15) is 0 Å². The van der Waals surface area contributed by atoms with Crippen LogP contribution in [0.1, 0.15) is 27.7 Å². The van der Waals surface area contributed by atoms with Gasteiger partial charge in [0.1, 0.15) is 0 Å². The Labute approximate surface area is 139 Å². The first-order valence-corrected chi connectivity index (χ1v) is 7.88. The molecular formula is C14H28Br2O4. The van der Waals surface area contributed by atoms with Gasteiger partial charge in [0.2, 0.25) is 0 Å². The van der Waals surface area contributed by atoms with Crippen LogP contribution in [0.25, 0.3) is 0 Å². The molecule has 1 aromatic carbocycles. The summed E-state index contributed by atoms with van der Waals surface area (Å²) in [5.41, 5.74) is 0. The third kappa shape index (κ3) is 43.0. The summed E-state index contributed by atoms with van der Waals surface area (Å²) in [6, 6.07) is 7.94. The summed E-state index contributed by atoms with van der Waals surface area (Å²) in [5, 5.41) is 30.3. The van der Waals surface area contributed by atoms with Crippen molar-refractivity contribution in [2.24, 2.45) is 0 Å². The number of benzene rings is 1. The predicted molar refractivity (Wildman–Crippen MR) is 92.9 cm³/mol. The van der Waals surface area contributed by atoms with Crippen LogP contribution in [0.15, 0.2) is 33.2 Å². The minimum atomic E-state index is 0.250. The summed E-state index contributed by atoms with van der Waals surface area (Å²) in [6.07, 6.45) is 0. The Hall–Kier alpha value is 0.0200. The fraction of sp³-hybridized carbons (Fsp3) is 0.571. The predicted octanol–water partition coefficient (Wildman–Crippen LogP) is 3.21. The summed E-state index contributed by atoms with van der Waals surface area (Å²) >= 11 is 6.70. The molecule has 0 aliphatic rings. The molecule has 0 aliphatic carbocycles. The van der Waals surface area contributed by atoms with Crippen molar-refractivity contribution in [1.29, 1.82) is 0 Å². The van der Waals surface area contributed by atoms with Crippen molar-refractivity contribution < 1.29 is 20.4 Å². The molecule has 6 heteroatoms. The van der Waals surface area contributed by atoms with E-state index in [2.05, 4.69) is 31.9 Å². The smallest absolute Gasteiger partial charge is 0.0402 e. The highest BCUT2D eigenvalue weighted by atomic mass is 79.9. The van der Waals surface area contributed by atoms with E-state index in [0.717, 1.165) is 8.95 Å². The molecule has 0 amide bonds. The van der Waals surface area contributed by atoms with Crippen LogP contribution >= 0.6 is 31.9 Å². The SMILES string of the molecule is Brc1ccccc1Br.CCO.CCO.CCO.CCO. The summed E-state index contributed by atoms with van der Waals surface area (Å²) in [7, 11) is 0. The molecule has 1 aromatic rings. The Morgan fingerprint density at radius 3 is 0.900 bits per heavy atom. The van der Waals surface area contributed by atoms with Crippen LogP contribution in [0.2, 0.25) is 0 Å². The molecule has 0 unspecified atom stereocenters. The zero-order chi connectivity index (χ0) is 16.8. The molecule has 0 spiro atoms. The summed E-state index contributed by atoms with van der Waals surface area (Å²) in [5.74, 6) is 0. The third-order valence-electron chi connectivity index (χ3n) is 0.824. The Morgan fingerprint density at radius 1 is 0.650 bits per heavy atom. The minimum absolute atomic E-state index is 0.250. The van der Waals surface area contributed by atoms with Gasteiger partial charge in [-0.05, 0) is 71.7 Å². The van der Waals surface area contributed by atoms with Gasteiger partial charge in [-0.2, -0.15) is 0 Å². The Kier molecular flexibility index (Phi) is 44.3. The molecule has 4 nitrogen and oxygen atoms in total. The van der Waals surface area contributed by atoms with Crippen molar-refractivity contribution >= 4 is 31.9 Å². The zero-order valence-corrected chi connectivity index (χ0v) is 15.9. The van der Waals surface area contributed by atoms with Gasteiger partial charge in [0.05, 0.1) is 0 Å². The standard InChI is InChI=1S/C6H4Br2.4C2H6O/c7-5-3-1-2-4-6(5)8;4*1-2-3/h1-4H;4*3H,2H2,1H3.